The van der Waals surface area contributed by atoms with Crippen LogP contribution in [0.5, 0.6) is 0 Å². The van der Waals surface area contributed by atoms with Crippen molar-refractivity contribution in [3.63, 3.8) is 0 Å². The maximum absolute atomic E-state index is 11.5. The third-order valence-electron chi connectivity index (χ3n) is 7.50. The van der Waals surface area contributed by atoms with Gasteiger partial charge in [0.05, 0.1) is 5.41 Å². The van der Waals surface area contributed by atoms with Crippen LogP contribution in [0.2, 0.25) is 0 Å². The minimum absolute atomic E-state index is 0.474. The Bertz CT molecular complexity index is 718. The summed E-state index contributed by atoms with van der Waals surface area (Å²) in [5.41, 5.74) is 2.41. The number of benzene rings is 1. The van der Waals surface area contributed by atoms with Gasteiger partial charge in [-0.05, 0) is 62.8 Å². The van der Waals surface area contributed by atoms with Crippen LogP contribution in [-0.4, -0.2) is 35.7 Å². The van der Waals surface area contributed by atoms with Crippen molar-refractivity contribution in [2.24, 2.45) is 11.3 Å². The summed E-state index contributed by atoms with van der Waals surface area (Å²) in [5, 5.41) is 17.0. The summed E-state index contributed by atoms with van der Waals surface area (Å²) in [7, 11) is 0. The first-order chi connectivity index (χ1) is 14.1. The zero-order valence-electron chi connectivity index (χ0n) is 17.7. The molecular weight excluding hydrogens is 360 g/mol. The van der Waals surface area contributed by atoms with Crippen molar-refractivity contribution >= 4 is 12.0 Å². The summed E-state index contributed by atoms with van der Waals surface area (Å²) in [4.78, 5) is 11.5. The summed E-state index contributed by atoms with van der Waals surface area (Å²) in [6, 6.07) is 12.4. The molecule has 1 unspecified atom stereocenters. The molecule has 0 amide bonds. The molecule has 3 aliphatic rings. The van der Waals surface area contributed by atoms with E-state index in [4.69, 9.17) is 0 Å². The number of rotatable bonds is 9. The van der Waals surface area contributed by atoms with E-state index in [0.29, 0.717) is 30.6 Å². The van der Waals surface area contributed by atoms with Crippen molar-refractivity contribution < 1.29 is 9.90 Å². The monoisotopic (exact) mass is 396 g/mol. The third kappa shape index (κ3) is 4.92. The van der Waals surface area contributed by atoms with E-state index in [0.717, 1.165) is 38.5 Å². The number of carbonyl (C=O) groups is 1. The summed E-state index contributed by atoms with van der Waals surface area (Å²) in [6.07, 6.45) is 12.2. The van der Waals surface area contributed by atoms with E-state index in [1.807, 2.05) is 0 Å². The Morgan fingerprint density at radius 1 is 1.14 bits per heavy atom. The van der Waals surface area contributed by atoms with Crippen LogP contribution in [0.15, 0.2) is 35.9 Å². The molecule has 0 aliphatic heterocycles. The highest BCUT2D eigenvalue weighted by Gasteiger charge is 2.44. The molecule has 29 heavy (non-hydrogen) atoms. The first kappa shape index (κ1) is 20.6. The molecule has 3 N–H and O–H groups in total. The van der Waals surface area contributed by atoms with Gasteiger partial charge in [0.15, 0.2) is 0 Å². The molecule has 0 spiro atoms. The second kappa shape index (κ2) is 9.01. The van der Waals surface area contributed by atoms with Crippen LogP contribution in [-0.2, 0) is 4.79 Å². The normalized spacial score (nSPS) is 31.1. The van der Waals surface area contributed by atoms with E-state index in [2.05, 4.69) is 54.0 Å². The molecule has 3 saturated carbocycles. The largest absolute Gasteiger partial charge is 0.481 e. The average Bonchev–Trinajstić information content (AvgIpc) is 3.46. The molecule has 2 atom stereocenters. The third-order valence-corrected chi connectivity index (χ3v) is 7.50. The second-order valence-corrected chi connectivity index (χ2v) is 9.47. The fourth-order valence-electron chi connectivity index (χ4n) is 5.20. The van der Waals surface area contributed by atoms with Crippen LogP contribution in [0.4, 0.5) is 0 Å². The van der Waals surface area contributed by atoms with Gasteiger partial charge in [0.1, 0.15) is 0 Å². The van der Waals surface area contributed by atoms with Gasteiger partial charge in [0, 0.05) is 24.7 Å². The summed E-state index contributed by atoms with van der Waals surface area (Å²) in [6.45, 7) is 2.92. The van der Waals surface area contributed by atoms with Gasteiger partial charge in [0.2, 0.25) is 0 Å². The highest BCUT2D eigenvalue weighted by Crippen LogP contribution is 2.42. The van der Waals surface area contributed by atoms with Crippen molar-refractivity contribution in [2.75, 3.05) is 6.54 Å². The molecule has 158 valence electrons. The zero-order valence-corrected chi connectivity index (χ0v) is 17.7. The summed E-state index contributed by atoms with van der Waals surface area (Å²) in [5.74, 6) is 0.0896. The predicted molar refractivity (Wildman–Crippen MR) is 118 cm³/mol. The molecule has 0 radical (unpaired) electrons. The number of carboxylic acids is 1. The maximum Gasteiger partial charge on any atom is 0.310 e. The van der Waals surface area contributed by atoms with Gasteiger partial charge >= 0.3 is 5.97 Å². The van der Waals surface area contributed by atoms with Crippen molar-refractivity contribution in [3.8, 4) is 0 Å². The minimum atomic E-state index is -0.610. The fourth-order valence-corrected chi connectivity index (χ4v) is 5.20. The van der Waals surface area contributed by atoms with Crippen LogP contribution in [0, 0.1) is 11.3 Å². The number of hydrogen-bond acceptors (Lipinski definition) is 3. The Morgan fingerprint density at radius 2 is 1.83 bits per heavy atom. The van der Waals surface area contributed by atoms with E-state index in [1.165, 1.54) is 24.8 Å². The molecule has 0 bridgehead atoms. The minimum Gasteiger partial charge on any atom is -0.481 e. The number of nitrogens with one attached hydrogen (secondary N) is 2. The van der Waals surface area contributed by atoms with Crippen LogP contribution in [0.3, 0.4) is 0 Å². The predicted octanol–water partition coefficient (Wildman–Crippen LogP) is 4.61. The van der Waals surface area contributed by atoms with E-state index >= 15 is 0 Å². The highest BCUT2D eigenvalue weighted by molar-refractivity contribution is 5.76. The first-order valence-corrected chi connectivity index (χ1v) is 11.6. The van der Waals surface area contributed by atoms with Crippen LogP contribution >= 0.6 is 0 Å². The van der Waals surface area contributed by atoms with Gasteiger partial charge in [-0.25, -0.2) is 0 Å². The lowest BCUT2D eigenvalue weighted by molar-refractivity contribution is -0.154. The SMILES string of the molecule is CCC(=Cc1ccccc1)C1C[C@@H]1NC1CCC(NCC2(C(=O)O)CCC2)CC1. The van der Waals surface area contributed by atoms with Gasteiger partial charge < -0.3 is 15.7 Å². The van der Waals surface area contributed by atoms with Crippen molar-refractivity contribution in [1.82, 2.24) is 10.6 Å². The molecule has 0 aromatic heterocycles. The smallest absolute Gasteiger partial charge is 0.310 e. The number of carboxylic acid groups (broad SMARTS) is 1. The Hall–Kier alpha value is -1.65. The van der Waals surface area contributed by atoms with Gasteiger partial charge in [-0.15, -0.1) is 0 Å². The van der Waals surface area contributed by atoms with Gasteiger partial charge in [0.25, 0.3) is 0 Å². The maximum atomic E-state index is 11.5. The summed E-state index contributed by atoms with van der Waals surface area (Å²) < 4.78 is 0. The van der Waals surface area contributed by atoms with Gasteiger partial charge in [-0.2, -0.15) is 0 Å². The highest BCUT2D eigenvalue weighted by atomic mass is 16.4. The quantitative estimate of drug-likeness (QED) is 0.570. The second-order valence-electron chi connectivity index (χ2n) is 9.47. The molecule has 4 heteroatoms. The first-order valence-electron chi connectivity index (χ1n) is 11.6. The van der Waals surface area contributed by atoms with Crippen molar-refractivity contribution in [3.05, 3.63) is 41.5 Å². The van der Waals surface area contributed by atoms with Gasteiger partial charge in [-0.3, -0.25) is 4.79 Å². The standard InChI is InChI=1S/C25H36N2O2/c1-2-19(15-18-7-4-3-5-8-18)22-16-23(22)27-21-11-9-20(10-12-21)26-17-25(24(28)29)13-6-14-25/h3-5,7-8,15,20-23,26-27H,2,6,9-14,16-17H2,1H3,(H,28,29)/t20?,21?,22?,23-/m0/s1. The van der Waals surface area contributed by atoms with Crippen molar-refractivity contribution in [2.45, 2.75) is 82.8 Å². The molecule has 0 heterocycles. The molecule has 1 aromatic rings. The molecule has 4 rings (SSSR count). The lowest BCUT2D eigenvalue weighted by atomic mass is 9.68. The number of hydrogen-bond donors (Lipinski definition) is 3. The number of aliphatic carboxylic acids is 1. The Morgan fingerprint density at radius 3 is 2.41 bits per heavy atom. The average molecular weight is 397 g/mol. The van der Waals surface area contributed by atoms with Crippen LogP contribution < -0.4 is 10.6 Å². The van der Waals surface area contributed by atoms with E-state index in [-0.39, 0.29) is 0 Å². The summed E-state index contributed by atoms with van der Waals surface area (Å²) >= 11 is 0. The van der Waals surface area contributed by atoms with E-state index in [1.54, 1.807) is 5.57 Å². The molecule has 0 saturated heterocycles. The van der Waals surface area contributed by atoms with E-state index < -0.39 is 11.4 Å². The molecule has 4 nitrogen and oxygen atoms in total. The molecule has 1 aromatic carbocycles. The lowest BCUT2D eigenvalue weighted by Crippen LogP contribution is -2.50. The molecule has 3 fully saturated rings. The fraction of sp³-hybridized carbons (Fsp3) is 0.640. The zero-order chi connectivity index (χ0) is 20.3. The molecule has 3 aliphatic carbocycles. The van der Waals surface area contributed by atoms with Crippen LogP contribution in [0.1, 0.15) is 70.3 Å². The Kier molecular flexibility index (Phi) is 6.41. The van der Waals surface area contributed by atoms with Gasteiger partial charge in [-0.1, -0.05) is 55.3 Å². The van der Waals surface area contributed by atoms with E-state index in [9.17, 15) is 9.90 Å². The molecular formula is C25H36N2O2. The Balaban J connectivity index is 1.20. The Labute approximate surface area is 175 Å². The topological polar surface area (TPSA) is 61.4 Å². The van der Waals surface area contributed by atoms with Crippen LogP contribution in [0.25, 0.3) is 6.08 Å². The lowest BCUT2D eigenvalue weighted by Gasteiger charge is -2.40. The van der Waals surface area contributed by atoms with Crippen molar-refractivity contribution in [1.29, 1.82) is 0 Å².